The molecule has 3 atom stereocenters. The van der Waals surface area contributed by atoms with E-state index in [0.29, 0.717) is 18.4 Å². The molecule has 8 nitrogen and oxygen atoms in total. The molecule has 0 aliphatic carbocycles. The first-order chi connectivity index (χ1) is 15.0. The van der Waals surface area contributed by atoms with Crippen molar-refractivity contribution in [3.63, 3.8) is 0 Å². The van der Waals surface area contributed by atoms with Gasteiger partial charge < -0.3 is 10.2 Å². The van der Waals surface area contributed by atoms with E-state index in [-0.39, 0.29) is 17.2 Å². The van der Waals surface area contributed by atoms with Crippen LogP contribution in [0.4, 0.5) is 0 Å². The molecular formula is C23H34N2O6S. The Labute approximate surface area is 190 Å². The lowest BCUT2D eigenvalue weighted by Crippen LogP contribution is -2.47. The highest BCUT2D eigenvalue weighted by molar-refractivity contribution is 7.89. The second kappa shape index (κ2) is 13.1. The van der Waals surface area contributed by atoms with E-state index in [4.69, 9.17) is 0 Å². The molecule has 4 N–H and O–H groups in total. The van der Waals surface area contributed by atoms with Gasteiger partial charge in [0.1, 0.15) is 12.1 Å². The Morgan fingerprint density at radius 1 is 1.06 bits per heavy atom. The predicted octanol–water partition coefficient (Wildman–Crippen LogP) is 3.18. The fourth-order valence-corrected chi connectivity index (χ4v) is 4.35. The van der Waals surface area contributed by atoms with Gasteiger partial charge in [-0.25, -0.2) is 13.1 Å². The van der Waals surface area contributed by atoms with E-state index in [1.807, 2.05) is 20.8 Å². The Hall–Kier alpha value is -2.49. The van der Waals surface area contributed by atoms with Crippen LogP contribution >= 0.6 is 0 Å². The Balaban J connectivity index is 2.92. The molecule has 0 fully saturated rings. The molecule has 1 rings (SSSR count). The van der Waals surface area contributed by atoms with Crippen molar-refractivity contribution in [3.8, 4) is 0 Å². The highest BCUT2D eigenvalue weighted by Crippen LogP contribution is 2.14. The molecule has 32 heavy (non-hydrogen) atoms. The normalized spacial score (nSPS) is 15.6. The number of hydrogen-bond acceptors (Lipinski definition) is 5. The summed E-state index contributed by atoms with van der Waals surface area (Å²) in [4.78, 5) is 23.4. The number of carbonyl (C=O) groups is 2. The molecule has 0 saturated carbocycles. The molecule has 0 radical (unpaired) electrons. The van der Waals surface area contributed by atoms with Crippen LogP contribution in [0.25, 0.3) is 0 Å². The summed E-state index contributed by atoms with van der Waals surface area (Å²) in [7, 11) is -3.69. The van der Waals surface area contributed by atoms with Crippen molar-refractivity contribution in [3.05, 3.63) is 54.1 Å². The van der Waals surface area contributed by atoms with Gasteiger partial charge in [0.15, 0.2) is 0 Å². The molecule has 1 aromatic rings. The fraction of sp³-hybridized carbons (Fsp3) is 0.478. The first-order valence-corrected chi connectivity index (χ1v) is 12.1. The van der Waals surface area contributed by atoms with Crippen LogP contribution < -0.4 is 10.0 Å². The first kappa shape index (κ1) is 27.5. The second-order valence-electron chi connectivity index (χ2n) is 7.95. The third-order valence-corrected chi connectivity index (χ3v) is 6.36. The van der Waals surface area contributed by atoms with Crippen LogP contribution in [0.2, 0.25) is 0 Å². The van der Waals surface area contributed by atoms with Crippen LogP contribution in [0.3, 0.4) is 0 Å². The van der Waals surface area contributed by atoms with E-state index in [9.17, 15) is 28.2 Å². The van der Waals surface area contributed by atoms with Crippen LogP contribution in [0.1, 0.15) is 47.0 Å². The standard InChI is InChI=1S/C23H34N2O6S/c1-5-17(15-21(23(28)29)24-20(22(26)27)14-16(3)4)12-13-18(6-2)25-32(30,31)19-10-8-7-9-11-19/h5,7-13,16,18,20-21,24-25H,6,14-15H2,1-4H3,(H,26,27)(H,28,29)/b13-12-,17-5+/t18-,20-,21-/m0/s1. The average Bonchev–Trinajstić information content (AvgIpc) is 2.73. The van der Waals surface area contributed by atoms with Crippen molar-refractivity contribution in [1.82, 2.24) is 10.0 Å². The summed E-state index contributed by atoms with van der Waals surface area (Å²) in [5.74, 6) is -2.16. The molecule has 0 amide bonds. The van der Waals surface area contributed by atoms with E-state index in [2.05, 4.69) is 10.0 Å². The SMILES string of the molecule is C/C=C(\C=C/[C@H](CC)NS(=O)(=O)c1ccccc1)C[C@H](N[C@@H](CC(C)C)C(=O)O)C(=O)O. The van der Waals surface area contributed by atoms with Crippen molar-refractivity contribution in [1.29, 1.82) is 0 Å². The largest absolute Gasteiger partial charge is 0.480 e. The molecule has 0 bridgehead atoms. The monoisotopic (exact) mass is 466 g/mol. The summed E-state index contributed by atoms with van der Waals surface area (Å²) >= 11 is 0. The van der Waals surface area contributed by atoms with Gasteiger partial charge in [-0.2, -0.15) is 0 Å². The molecular weight excluding hydrogens is 432 g/mol. The van der Waals surface area contributed by atoms with Crippen molar-refractivity contribution >= 4 is 22.0 Å². The number of allylic oxidation sites excluding steroid dienone is 2. The van der Waals surface area contributed by atoms with E-state index in [0.717, 1.165) is 0 Å². The van der Waals surface area contributed by atoms with Crippen LogP contribution in [0.15, 0.2) is 59.0 Å². The summed E-state index contributed by atoms with van der Waals surface area (Å²) in [6.07, 6.45) is 5.95. The minimum absolute atomic E-state index is 0.0616. The number of benzene rings is 1. The molecule has 0 saturated heterocycles. The number of rotatable bonds is 14. The number of sulfonamides is 1. The number of hydrogen-bond donors (Lipinski definition) is 4. The zero-order valence-corrected chi connectivity index (χ0v) is 19.8. The molecule has 9 heteroatoms. The third kappa shape index (κ3) is 9.33. The van der Waals surface area contributed by atoms with Crippen molar-refractivity contribution in [2.24, 2.45) is 5.92 Å². The minimum atomic E-state index is -3.69. The average molecular weight is 467 g/mol. The summed E-state index contributed by atoms with van der Waals surface area (Å²) in [6, 6.07) is 5.49. The van der Waals surface area contributed by atoms with Gasteiger partial charge in [-0.05, 0) is 44.2 Å². The molecule has 0 heterocycles. The van der Waals surface area contributed by atoms with Crippen LogP contribution in [-0.2, 0) is 19.6 Å². The fourth-order valence-electron chi connectivity index (χ4n) is 3.06. The van der Waals surface area contributed by atoms with E-state index >= 15 is 0 Å². The van der Waals surface area contributed by atoms with Crippen molar-refractivity contribution < 1.29 is 28.2 Å². The maximum absolute atomic E-state index is 12.6. The highest BCUT2D eigenvalue weighted by Gasteiger charge is 2.27. The lowest BCUT2D eigenvalue weighted by molar-refractivity contribution is -0.142. The Morgan fingerprint density at radius 3 is 2.12 bits per heavy atom. The number of carboxylic acids is 2. The quantitative estimate of drug-likeness (QED) is 0.310. The highest BCUT2D eigenvalue weighted by atomic mass is 32.2. The number of aliphatic carboxylic acids is 2. The molecule has 0 aromatic heterocycles. The first-order valence-electron chi connectivity index (χ1n) is 10.6. The van der Waals surface area contributed by atoms with Gasteiger partial charge in [0.25, 0.3) is 0 Å². The van der Waals surface area contributed by atoms with Gasteiger partial charge in [-0.3, -0.25) is 14.9 Å². The van der Waals surface area contributed by atoms with Crippen LogP contribution in [0.5, 0.6) is 0 Å². The van der Waals surface area contributed by atoms with Gasteiger partial charge in [0.05, 0.1) is 4.90 Å². The zero-order valence-electron chi connectivity index (χ0n) is 19.0. The molecule has 1 aromatic carbocycles. The maximum atomic E-state index is 12.6. The van der Waals surface area contributed by atoms with Crippen LogP contribution in [0, 0.1) is 5.92 Å². The predicted molar refractivity (Wildman–Crippen MR) is 124 cm³/mol. The molecule has 0 unspecified atom stereocenters. The second-order valence-corrected chi connectivity index (χ2v) is 9.67. The van der Waals surface area contributed by atoms with Crippen molar-refractivity contribution in [2.75, 3.05) is 0 Å². The Kier molecular flexibility index (Phi) is 11.3. The summed E-state index contributed by atoms with van der Waals surface area (Å²) in [5, 5.41) is 21.7. The molecule has 0 aliphatic heterocycles. The van der Waals surface area contributed by atoms with E-state index < -0.39 is 40.1 Å². The number of nitrogens with one attached hydrogen (secondary N) is 2. The van der Waals surface area contributed by atoms with Gasteiger partial charge in [-0.15, -0.1) is 0 Å². The minimum Gasteiger partial charge on any atom is -0.480 e. The summed E-state index contributed by atoms with van der Waals surface area (Å²) in [6.45, 7) is 7.32. The van der Waals surface area contributed by atoms with Gasteiger partial charge in [0, 0.05) is 6.04 Å². The summed E-state index contributed by atoms with van der Waals surface area (Å²) < 4.78 is 27.7. The molecule has 178 valence electrons. The van der Waals surface area contributed by atoms with E-state index in [1.54, 1.807) is 43.4 Å². The lowest BCUT2D eigenvalue weighted by atomic mass is 10.00. The Bertz CT molecular complexity index is 910. The number of carboxylic acid groups (broad SMARTS) is 2. The maximum Gasteiger partial charge on any atom is 0.321 e. The van der Waals surface area contributed by atoms with Crippen molar-refractivity contribution in [2.45, 2.75) is 70.0 Å². The molecule has 0 aliphatic rings. The van der Waals surface area contributed by atoms with Crippen LogP contribution in [-0.4, -0.2) is 48.7 Å². The third-order valence-electron chi connectivity index (χ3n) is 4.86. The summed E-state index contributed by atoms with van der Waals surface area (Å²) in [5.41, 5.74) is 0.649. The van der Waals surface area contributed by atoms with E-state index in [1.165, 1.54) is 12.1 Å². The van der Waals surface area contributed by atoms with Gasteiger partial charge in [0.2, 0.25) is 10.0 Å². The molecule has 0 spiro atoms. The zero-order chi connectivity index (χ0) is 24.3. The lowest BCUT2D eigenvalue weighted by Gasteiger charge is -2.22. The smallest absolute Gasteiger partial charge is 0.321 e. The Morgan fingerprint density at radius 2 is 1.66 bits per heavy atom. The van der Waals surface area contributed by atoms with Gasteiger partial charge >= 0.3 is 11.9 Å². The topological polar surface area (TPSA) is 133 Å². The van der Waals surface area contributed by atoms with Gasteiger partial charge in [-0.1, -0.05) is 62.8 Å².